The fraction of sp³-hybridized carbons (Fsp3) is 0.750. The van der Waals surface area contributed by atoms with Gasteiger partial charge in [0.15, 0.2) is 11.2 Å². The average molecular weight is 358 g/mol. The fourth-order valence-electron chi connectivity index (χ4n) is 5.44. The first kappa shape index (κ1) is 17.6. The number of rotatable bonds is 5. The van der Waals surface area contributed by atoms with E-state index in [2.05, 4.69) is 6.92 Å². The Balaban J connectivity index is 1.93. The number of imidazole rings is 1. The smallest absolute Gasteiger partial charge is 0.325 e. The van der Waals surface area contributed by atoms with E-state index < -0.39 is 0 Å². The Labute approximate surface area is 153 Å². The van der Waals surface area contributed by atoms with E-state index in [-0.39, 0.29) is 11.2 Å². The minimum Gasteiger partial charge on any atom is -0.325 e. The molecule has 142 valence electrons. The highest BCUT2D eigenvalue weighted by Crippen LogP contribution is 2.51. The van der Waals surface area contributed by atoms with Gasteiger partial charge in [0.05, 0.1) is 0 Å². The maximum absolute atomic E-state index is 13.1. The van der Waals surface area contributed by atoms with E-state index in [1.807, 2.05) is 18.5 Å². The minimum absolute atomic E-state index is 0.179. The van der Waals surface area contributed by atoms with Crippen molar-refractivity contribution in [2.24, 2.45) is 18.9 Å². The van der Waals surface area contributed by atoms with Crippen LogP contribution < -0.4 is 11.2 Å². The summed E-state index contributed by atoms with van der Waals surface area (Å²) >= 11 is 0. The molecule has 6 nitrogen and oxygen atoms in total. The summed E-state index contributed by atoms with van der Waals surface area (Å²) in [5, 5.41) is 0. The molecule has 0 amide bonds. The van der Waals surface area contributed by atoms with E-state index in [4.69, 9.17) is 4.98 Å². The zero-order valence-corrected chi connectivity index (χ0v) is 16.2. The lowest BCUT2D eigenvalue weighted by molar-refractivity contribution is 0.407. The van der Waals surface area contributed by atoms with Gasteiger partial charge >= 0.3 is 5.69 Å². The summed E-state index contributed by atoms with van der Waals surface area (Å²) in [6.45, 7) is 5.11. The molecular formula is C20H30N4O2. The molecule has 6 heteroatoms. The van der Waals surface area contributed by atoms with E-state index in [0.29, 0.717) is 36.1 Å². The SMILES string of the molecule is CCCn1c(=O)c2c(nc([C@@H]3CC[C@H]4CCC[C@H]43)n2C)n(CCC)c1=O. The quantitative estimate of drug-likeness (QED) is 0.825. The van der Waals surface area contributed by atoms with Gasteiger partial charge in [0.25, 0.3) is 5.56 Å². The van der Waals surface area contributed by atoms with Crippen LogP contribution in [0.3, 0.4) is 0 Å². The van der Waals surface area contributed by atoms with Gasteiger partial charge in [0, 0.05) is 26.1 Å². The van der Waals surface area contributed by atoms with Crippen LogP contribution in [0.5, 0.6) is 0 Å². The van der Waals surface area contributed by atoms with Crippen LogP contribution in [0.15, 0.2) is 9.59 Å². The molecule has 2 heterocycles. The van der Waals surface area contributed by atoms with Crippen molar-refractivity contribution in [3.8, 4) is 0 Å². The standard InChI is InChI=1S/C20H30N4O2/c1-4-11-23-18-16(19(25)24(12-5-2)20(23)26)22(3)17(21-18)15-10-9-13-7-6-8-14(13)15/h13-15H,4-12H2,1-3H3/t13-,14-,15-/m1/s1. The van der Waals surface area contributed by atoms with E-state index >= 15 is 0 Å². The van der Waals surface area contributed by atoms with Crippen molar-refractivity contribution >= 4 is 11.2 Å². The van der Waals surface area contributed by atoms with Crippen LogP contribution in [0.4, 0.5) is 0 Å². The number of nitrogens with zero attached hydrogens (tertiary/aromatic N) is 4. The topological polar surface area (TPSA) is 61.8 Å². The van der Waals surface area contributed by atoms with E-state index in [9.17, 15) is 9.59 Å². The first-order valence-corrected chi connectivity index (χ1v) is 10.3. The lowest BCUT2D eigenvalue weighted by Crippen LogP contribution is -2.40. The van der Waals surface area contributed by atoms with Crippen LogP contribution in [0.1, 0.15) is 70.5 Å². The highest BCUT2D eigenvalue weighted by atomic mass is 16.2. The first-order valence-electron chi connectivity index (χ1n) is 10.3. The highest BCUT2D eigenvalue weighted by Gasteiger charge is 2.42. The fourth-order valence-corrected chi connectivity index (χ4v) is 5.44. The summed E-state index contributed by atoms with van der Waals surface area (Å²) in [4.78, 5) is 30.9. The summed E-state index contributed by atoms with van der Waals surface area (Å²) in [5.74, 6) is 2.98. The maximum atomic E-state index is 13.1. The molecule has 4 rings (SSSR count). The molecule has 0 saturated heterocycles. The molecule has 0 aliphatic heterocycles. The second-order valence-corrected chi connectivity index (χ2v) is 8.13. The van der Waals surface area contributed by atoms with Gasteiger partial charge in [-0.2, -0.15) is 0 Å². The first-order chi connectivity index (χ1) is 12.6. The van der Waals surface area contributed by atoms with Crippen LogP contribution in [0.2, 0.25) is 0 Å². The Morgan fingerprint density at radius 1 is 1.00 bits per heavy atom. The third-order valence-electron chi connectivity index (χ3n) is 6.59. The van der Waals surface area contributed by atoms with Gasteiger partial charge in [-0.3, -0.25) is 13.9 Å². The zero-order chi connectivity index (χ0) is 18.4. The van der Waals surface area contributed by atoms with Gasteiger partial charge in [0.1, 0.15) is 5.82 Å². The maximum Gasteiger partial charge on any atom is 0.332 e. The minimum atomic E-state index is -0.207. The number of aryl methyl sites for hydroxylation is 2. The molecule has 0 radical (unpaired) electrons. The van der Waals surface area contributed by atoms with E-state index in [1.165, 1.54) is 30.3 Å². The summed E-state index contributed by atoms with van der Waals surface area (Å²) in [5.41, 5.74) is 0.804. The van der Waals surface area contributed by atoms with Gasteiger partial charge in [-0.05, 0) is 43.9 Å². The number of fused-ring (bicyclic) bond motifs is 2. The van der Waals surface area contributed by atoms with Crippen molar-refractivity contribution in [3.05, 3.63) is 26.7 Å². The average Bonchev–Trinajstić information content (AvgIpc) is 3.30. The predicted molar refractivity (Wildman–Crippen MR) is 103 cm³/mol. The van der Waals surface area contributed by atoms with Gasteiger partial charge in [0.2, 0.25) is 0 Å². The number of hydrogen-bond acceptors (Lipinski definition) is 3. The Hall–Kier alpha value is -1.85. The lowest BCUT2D eigenvalue weighted by atomic mass is 9.91. The Kier molecular flexibility index (Phi) is 4.53. The summed E-state index contributed by atoms with van der Waals surface area (Å²) < 4.78 is 5.12. The molecule has 2 fully saturated rings. The summed E-state index contributed by atoms with van der Waals surface area (Å²) in [6.07, 6.45) is 7.99. The predicted octanol–water partition coefficient (Wildman–Crippen LogP) is 3.01. The molecule has 26 heavy (non-hydrogen) atoms. The second-order valence-electron chi connectivity index (χ2n) is 8.13. The third-order valence-corrected chi connectivity index (χ3v) is 6.59. The van der Waals surface area contributed by atoms with Crippen molar-refractivity contribution < 1.29 is 0 Å². The van der Waals surface area contributed by atoms with Crippen molar-refractivity contribution in [1.29, 1.82) is 0 Å². The molecule has 0 unspecified atom stereocenters. The van der Waals surface area contributed by atoms with Crippen molar-refractivity contribution in [2.75, 3.05) is 0 Å². The van der Waals surface area contributed by atoms with Crippen molar-refractivity contribution in [2.45, 2.75) is 77.8 Å². The van der Waals surface area contributed by atoms with E-state index in [0.717, 1.165) is 31.0 Å². The molecule has 0 N–H and O–H groups in total. The molecule has 2 aliphatic carbocycles. The molecule has 0 bridgehead atoms. The van der Waals surface area contributed by atoms with Crippen LogP contribution in [0, 0.1) is 11.8 Å². The summed E-state index contributed by atoms with van der Waals surface area (Å²) in [7, 11) is 1.96. The van der Waals surface area contributed by atoms with Gasteiger partial charge in [-0.25, -0.2) is 9.78 Å². The second kappa shape index (κ2) is 6.71. The Morgan fingerprint density at radius 3 is 2.46 bits per heavy atom. The molecule has 0 aromatic carbocycles. The molecule has 2 saturated carbocycles. The summed E-state index contributed by atoms with van der Waals surface area (Å²) in [6, 6.07) is 0. The van der Waals surface area contributed by atoms with Crippen LogP contribution in [0.25, 0.3) is 11.2 Å². The zero-order valence-electron chi connectivity index (χ0n) is 16.2. The molecule has 2 aromatic heterocycles. The van der Waals surface area contributed by atoms with Crippen LogP contribution in [-0.4, -0.2) is 18.7 Å². The molecule has 3 atom stereocenters. The number of aromatic nitrogens is 4. The monoisotopic (exact) mass is 358 g/mol. The number of hydrogen-bond donors (Lipinski definition) is 0. The van der Waals surface area contributed by atoms with Crippen LogP contribution in [-0.2, 0) is 20.1 Å². The molecular weight excluding hydrogens is 328 g/mol. The normalized spacial score (nSPS) is 25.3. The molecule has 2 aromatic rings. The molecule has 0 spiro atoms. The van der Waals surface area contributed by atoms with Gasteiger partial charge < -0.3 is 4.57 Å². The Morgan fingerprint density at radius 2 is 1.73 bits per heavy atom. The van der Waals surface area contributed by atoms with Gasteiger partial charge in [-0.1, -0.05) is 26.7 Å². The van der Waals surface area contributed by atoms with Crippen LogP contribution >= 0.6 is 0 Å². The van der Waals surface area contributed by atoms with Crippen molar-refractivity contribution in [3.63, 3.8) is 0 Å². The lowest BCUT2D eigenvalue weighted by Gasteiger charge is -2.17. The van der Waals surface area contributed by atoms with Crippen molar-refractivity contribution in [1.82, 2.24) is 18.7 Å². The highest BCUT2D eigenvalue weighted by molar-refractivity contribution is 5.71. The third kappa shape index (κ3) is 2.48. The Bertz CT molecular complexity index is 936. The van der Waals surface area contributed by atoms with E-state index in [1.54, 1.807) is 4.57 Å². The van der Waals surface area contributed by atoms with Gasteiger partial charge in [-0.15, -0.1) is 0 Å². The molecule has 2 aliphatic rings. The largest absolute Gasteiger partial charge is 0.332 e.